The average Bonchev–Trinajstić information content (AvgIpc) is 2.37. The van der Waals surface area contributed by atoms with Gasteiger partial charge in [-0.1, -0.05) is 26.2 Å². The number of hydrogen-bond acceptors (Lipinski definition) is 4. The smallest absolute Gasteiger partial charge is 0.238 e. The van der Waals surface area contributed by atoms with Crippen molar-refractivity contribution in [2.75, 3.05) is 17.6 Å². The van der Waals surface area contributed by atoms with Gasteiger partial charge in [-0.15, -0.1) is 0 Å². The third-order valence-corrected chi connectivity index (χ3v) is 5.08. The number of nitrogen functional groups attached to an aromatic ring is 1. The Labute approximate surface area is 127 Å². The lowest BCUT2D eigenvalue weighted by Crippen LogP contribution is -2.17. The molecule has 1 aliphatic carbocycles. The maximum Gasteiger partial charge on any atom is 0.238 e. The van der Waals surface area contributed by atoms with Crippen LogP contribution in [0.5, 0.6) is 0 Å². The first-order valence-electron chi connectivity index (χ1n) is 7.52. The highest BCUT2D eigenvalue weighted by atomic mass is 32.2. The van der Waals surface area contributed by atoms with Crippen LogP contribution in [0.25, 0.3) is 0 Å². The van der Waals surface area contributed by atoms with Gasteiger partial charge in [0, 0.05) is 17.9 Å². The minimum atomic E-state index is -3.72. The Hall–Kier alpha value is -1.27. The molecule has 0 amide bonds. The standard InChI is InChI=1S/C15H25N3O2S/c1-11-3-2-4-12(7-11)5-6-18-14-8-13(16)9-15(10-14)21(17,19)20/h8-12,18H,2-7,16H2,1H3,(H2,17,19,20). The Balaban J connectivity index is 1.92. The number of hydrogen-bond donors (Lipinski definition) is 3. The van der Waals surface area contributed by atoms with Crippen LogP contribution in [0.15, 0.2) is 23.1 Å². The van der Waals surface area contributed by atoms with Gasteiger partial charge in [0.1, 0.15) is 0 Å². The number of primary sulfonamides is 1. The normalized spacial score (nSPS) is 23.0. The molecular formula is C15H25N3O2S. The molecule has 6 heteroatoms. The van der Waals surface area contributed by atoms with E-state index in [1.54, 1.807) is 6.07 Å². The van der Waals surface area contributed by atoms with Gasteiger partial charge in [0.2, 0.25) is 10.0 Å². The van der Waals surface area contributed by atoms with Crippen molar-refractivity contribution in [1.29, 1.82) is 0 Å². The first-order chi connectivity index (χ1) is 9.84. The summed E-state index contributed by atoms with van der Waals surface area (Å²) in [5.41, 5.74) is 6.84. The second-order valence-corrected chi connectivity index (χ2v) is 7.75. The Morgan fingerprint density at radius 2 is 2.05 bits per heavy atom. The van der Waals surface area contributed by atoms with Crippen LogP contribution in [0, 0.1) is 11.8 Å². The molecule has 5 N–H and O–H groups in total. The zero-order chi connectivity index (χ0) is 15.5. The summed E-state index contributed by atoms with van der Waals surface area (Å²) in [5, 5.41) is 8.40. The minimum absolute atomic E-state index is 0.0521. The van der Waals surface area contributed by atoms with Gasteiger partial charge in [0.05, 0.1) is 4.90 Å². The number of anilines is 2. The van der Waals surface area contributed by atoms with Crippen LogP contribution in [0.3, 0.4) is 0 Å². The van der Waals surface area contributed by atoms with E-state index in [9.17, 15) is 8.42 Å². The molecule has 0 aromatic heterocycles. The van der Waals surface area contributed by atoms with E-state index in [0.717, 1.165) is 24.8 Å². The zero-order valence-electron chi connectivity index (χ0n) is 12.5. The molecule has 21 heavy (non-hydrogen) atoms. The van der Waals surface area contributed by atoms with Gasteiger partial charge in [0.25, 0.3) is 0 Å². The fraction of sp³-hybridized carbons (Fsp3) is 0.600. The molecule has 2 atom stereocenters. The summed E-state index contributed by atoms with van der Waals surface area (Å²) in [7, 11) is -3.72. The second kappa shape index (κ2) is 6.66. The molecule has 1 aliphatic rings. The van der Waals surface area contributed by atoms with Crippen molar-refractivity contribution in [2.24, 2.45) is 17.0 Å². The SMILES string of the molecule is CC1CCCC(CCNc2cc(N)cc(S(N)(=O)=O)c2)C1. The molecule has 0 spiro atoms. The Kier molecular flexibility index (Phi) is 5.11. The summed E-state index contributed by atoms with van der Waals surface area (Å²) in [4.78, 5) is 0.0521. The van der Waals surface area contributed by atoms with E-state index >= 15 is 0 Å². The molecule has 2 rings (SSSR count). The summed E-state index contributed by atoms with van der Waals surface area (Å²) in [6.45, 7) is 3.14. The van der Waals surface area contributed by atoms with Gasteiger partial charge in [-0.05, 0) is 42.9 Å². The first-order valence-corrected chi connectivity index (χ1v) is 9.06. The quantitative estimate of drug-likeness (QED) is 0.728. The van der Waals surface area contributed by atoms with E-state index in [1.807, 2.05) is 0 Å². The van der Waals surface area contributed by atoms with Crippen LogP contribution in [-0.4, -0.2) is 15.0 Å². The van der Waals surface area contributed by atoms with Crippen molar-refractivity contribution in [3.8, 4) is 0 Å². The molecule has 1 fully saturated rings. The van der Waals surface area contributed by atoms with Gasteiger partial charge in [-0.3, -0.25) is 0 Å². The summed E-state index contributed by atoms with van der Waals surface area (Å²) in [6.07, 6.45) is 6.35. The van der Waals surface area contributed by atoms with E-state index in [0.29, 0.717) is 11.4 Å². The van der Waals surface area contributed by atoms with Crippen molar-refractivity contribution in [1.82, 2.24) is 0 Å². The number of nitrogens with two attached hydrogens (primary N) is 2. The summed E-state index contributed by atoms with van der Waals surface area (Å²) in [6, 6.07) is 4.65. The van der Waals surface area contributed by atoms with Crippen molar-refractivity contribution in [2.45, 2.75) is 43.9 Å². The van der Waals surface area contributed by atoms with Gasteiger partial charge in [-0.2, -0.15) is 0 Å². The third-order valence-electron chi connectivity index (χ3n) is 4.18. The molecule has 118 valence electrons. The Morgan fingerprint density at radius 3 is 2.71 bits per heavy atom. The van der Waals surface area contributed by atoms with E-state index in [-0.39, 0.29) is 4.90 Å². The van der Waals surface area contributed by atoms with Gasteiger partial charge < -0.3 is 11.1 Å². The topological polar surface area (TPSA) is 98.2 Å². The predicted octanol–water partition coefficient (Wildman–Crippen LogP) is 2.54. The summed E-state index contributed by atoms with van der Waals surface area (Å²) < 4.78 is 22.8. The van der Waals surface area contributed by atoms with E-state index in [4.69, 9.17) is 10.9 Å². The first kappa shape index (κ1) is 16.1. The van der Waals surface area contributed by atoms with Crippen LogP contribution in [0.2, 0.25) is 0 Å². The lowest BCUT2D eigenvalue weighted by molar-refractivity contribution is 0.274. The molecule has 0 heterocycles. The highest BCUT2D eigenvalue weighted by Gasteiger charge is 2.18. The maximum atomic E-state index is 11.4. The van der Waals surface area contributed by atoms with Crippen molar-refractivity contribution >= 4 is 21.4 Å². The largest absolute Gasteiger partial charge is 0.399 e. The maximum absolute atomic E-state index is 11.4. The number of rotatable bonds is 5. The summed E-state index contributed by atoms with van der Waals surface area (Å²) in [5.74, 6) is 1.59. The fourth-order valence-electron chi connectivity index (χ4n) is 3.13. The molecule has 0 saturated heterocycles. The molecule has 0 bridgehead atoms. The van der Waals surface area contributed by atoms with Crippen LogP contribution in [0.1, 0.15) is 39.0 Å². The van der Waals surface area contributed by atoms with Gasteiger partial charge >= 0.3 is 0 Å². The van der Waals surface area contributed by atoms with E-state index < -0.39 is 10.0 Å². The molecule has 2 unspecified atom stereocenters. The van der Waals surface area contributed by atoms with Crippen LogP contribution < -0.4 is 16.2 Å². The molecule has 0 radical (unpaired) electrons. The monoisotopic (exact) mass is 311 g/mol. The van der Waals surface area contributed by atoms with E-state index in [2.05, 4.69) is 12.2 Å². The van der Waals surface area contributed by atoms with Gasteiger partial charge in [0.15, 0.2) is 0 Å². The van der Waals surface area contributed by atoms with E-state index in [1.165, 1.54) is 37.8 Å². The van der Waals surface area contributed by atoms with Gasteiger partial charge in [-0.25, -0.2) is 13.6 Å². The molecule has 5 nitrogen and oxygen atoms in total. The molecule has 1 aromatic rings. The van der Waals surface area contributed by atoms with Crippen molar-refractivity contribution < 1.29 is 8.42 Å². The van der Waals surface area contributed by atoms with Crippen LogP contribution in [0.4, 0.5) is 11.4 Å². The fourth-order valence-corrected chi connectivity index (χ4v) is 3.72. The van der Waals surface area contributed by atoms with Crippen LogP contribution in [-0.2, 0) is 10.0 Å². The Morgan fingerprint density at radius 1 is 1.29 bits per heavy atom. The highest BCUT2D eigenvalue weighted by Crippen LogP contribution is 2.30. The lowest BCUT2D eigenvalue weighted by atomic mass is 9.81. The average molecular weight is 311 g/mol. The number of sulfonamides is 1. The molecule has 0 aliphatic heterocycles. The third kappa shape index (κ3) is 4.89. The van der Waals surface area contributed by atoms with Crippen LogP contribution >= 0.6 is 0 Å². The number of nitrogens with one attached hydrogen (secondary N) is 1. The summed E-state index contributed by atoms with van der Waals surface area (Å²) >= 11 is 0. The van der Waals surface area contributed by atoms with Crippen molar-refractivity contribution in [3.63, 3.8) is 0 Å². The lowest BCUT2D eigenvalue weighted by Gasteiger charge is -2.26. The molecular weight excluding hydrogens is 286 g/mol. The van der Waals surface area contributed by atoms with Crippen molar-refractivity contribution in [3.05, 3.63) is 18.2 Å². The predicted molar refractivity (Wildman–Crippen MR) is 86.5 cm³/mol. The zero-order valence-corrected chi connectivity index (χ0v) is 13.3. The molecule has 1 saturated carbocycles. The number of benzene rings is 1. The highest BCUT2D eigenvalue weighted by molar-refractivity contribution is 7.89. The Bertz CT molecular complexity index is 587. The second-order valence-electron chi connectivity index (χ2n) is 6.19. The minimum Gasteiger partial charge on any atom is -0.399 e. The molecule has 1 aromatic carbocycles.